The van der Waals surface area contributed by atoms with Crippen molar-refractivity contribution in [3.05, 3.63) is 35.9 Å². The quantitative estimate of drug-likeness (QED) is 0.345. The van der Waals surface area contributed by atoms with Crippen LogP contribution in [-0.2, 0) is 18.9 Å². The first-order valence-corrected chi connectivity index (χ1v) is 14.3. The number of likely N-dealkylation sites (tertiary alicyclic amines) is 1. The van der Waals surface area contributed by atoms with Gasteiger partial charge in [-0.15, -0.1) is 0 Å². The number of benzene rings is 1. The van der Waals surface area contributed by atoms with E-state index in [0.29, 0.717) is 37.2 Å². The molecule has 0 radical (unpaired) electrons. The van der Waals surface area contributed by atoms with Crippen LogP contribution in [0.15, 0.2) is 30.3 Å². The molecule has 38 heavy (non-hydrogen) atoms. The van der Waals surface area contributed by atoms with E-state index in [9.17, 15) is 18.9 Å². The third-order valence-electron chi connectivity index (χ3n) is 6.92. The number of phosphoric ester groups is 1. The Morgan fingerprint density at radius 1 is 1.08 bits per heavy atom. The summed E-state index contributed by atoms with van der Waals surface area (Å²) in [7, 11) is -2.64. The number of nitrogens with one attached hydrogen (secondary N) is 1. The first-order chi connectivity index (χ1) is 17.7. The minimum atomic E-state index is -4.66. The Labute approximate surface area is 224 Å². The smallest absolute Gasteiger partial charge is 0.404 e. The highest BCUT2D eigenvalue weighted by Crippen LogP contribution is 2.37. The molecule has 0 saturated carbocycles. The lowest BCUT2D eigenvalue weighted by Crippen LogP contribution is -2.59. The van der Waals surface area contributed by atoms with Gasteiger partial charge >= 0.3 is 7.82 Å². The van der Waals surface area contributed by atoms with E-state index in [0.717, 1.165) is 19.5 Å². The second-order valence-electron chi connectivity index (χ2n) is 11.1. The topological polar surface area (TPSA) is 140 Å². The van der Waals surface area contributed by atoms with Gasteiger partial charge in [0.2, 0.25) is 17.7 Å². The molecule has 2 aliphatic rings. The average molecular weight is 551 g/mol. The molecule has 2 aliphatic heterocycles. The van der Waals surface area contributed by atoms with Gasteiger partial charge in [-0.05, 0) is 55.5 Å². The SMILES string of the molecule is C/C(=C\C(=O)N[C@H](C(=O)N1CCCC1C(=O)N1CCN(C)CC1)C(C)(C)C)c1ccc(OP(=O)(O)O)cc1. The van der Waals surface area contributed by atoms with Crippen molar-refractivity contribution in [2.75, 3.05) is 39.8 Å². The zero-order valence-corrected chi connectivity index (χ0v) is 23.6. The molecule has 2 atom stereocenters. The molecule has 1 aromatic carbocycles. The van der Waals surface area contributed by atoms with Gasteiger partial charge in [0.05, 0.1) is 0 Å². The maximum Gasteiger partial charge on any atom is 0.524 e. The Morgan fingerprint density at radius 3 is 2.24 bits per heavy atom. The fourth-order valence-corrected chi connectivity index (χ4v) is 5.12. The van der Waals surface area contributed by atoms with Crippen LogP contribution >= 0.6 is 7.82 Å². The summed E-state index contributed by atoms with van der Waals surface area (Å²) >= 11 is 0. The molecule has 1 unspecified atom stereocenters. The van der Waals surface area contributed by atoms with E-state index in [-0.39, 0.29) is 17.6 Å². The van der Waals surface area contributed by atoms with Gasteiger partial charge in [-0.1, -0.05) is 32.9 Å². The first kappa shape index (κ1) is 29.8. The summed E-state index contributed by atoms with van der Waals surface area (Å²) in [6.45, 7) is 10.7. The highest BCUT2D eigenvalue weighted by molar-refractivity contribution is 7.46. The van der Waals surface area contributed by atoms with E-state index in [1.165, 1.54) is 18.2 Å². The van der Waals surface area contributed by atoms with Crippen LogP contribution in [0.25, 0.3) is 5.57 Å². The third-order valence-corrected chi connectivity index (χ3v) is 7.37. The summed E-state index contributed by atoms with van der Waals surface area (Å²) in [6.07, 6.45) is 2.73. The van der Waals surface area contributed by atoms with E-state index < -0.39 is 31.2 Å². The average Bonchev–Trinajstić information content (AvgIpc) is 3.31. The molecular weight excluding hydrogens is 511 g/mol. The first-order valence-electron chi connectivity index (χ1n) is 12.8. The van der Waals surface area contributed by atoms with Crippen molar-refractivity contribution in [3.63, 3.8) is 0 Å². The number of hydrogen-bond acceptors (Lipinski definition) is 6. The lowest BCUT2D eigenvalue weighted by Gasteiger charge is -2.38. The van der Waals surface area contributed by atoms with E-state index in [2.05, 4.69) is 14.7 Å². The molecule has 2 fully saturated rings. The standard InChI is InChI=1S/C26H39N4O7P/c1-18(19-8-10-20(11-9-19)37-38(34,35)36)17-22(31)27-23(26(2,3)4)25(33)30-12-6-7-21(30)24(32)29-15-13-28(5)14-16-29/h8-11,17,21,23H,6-7,12-16H2,1-5H3,(H,27,31)(H2,34,35,36)/b18-17+/t21?,23-/m1/s1. The largest absolute Gasteiger partial charge is 0.524 e. The van der Waals surface area contributed by atoms with Gasteiger partial charge < -0.3 is 24.5 Å². The second kappa shape index (κ2) is 12.0. The molecule has 11 nitrogen and oxygen atoms in total. The fraction of sp³-hybridized carbons (Fsp3) is 0.577. The number of carbonyl (C=O) groups excluding carboxylic acids is 3. The number of allylic oxidation sites excluding steroid dienone is 1. The molecule has 3 amide bonds. The molecular formula is C26H39N4O7P. The molecule has 3 N–H and O–H groups in total. The van der Waals surface area contributed by atoms with Crippen molar-refractivity contribution in [3.8, 4) is 5.75 Å². The van der Waals surface area contributed by atoms with Gasteiger partial charge in [0, 0.05) is 38.8 Å². The summed E-state index contributed by atoms with van der Waals surface area (Å²) in [5, 5.41) is 2.86. The molecule has 0 bridgehead atoms. The van der Waals surface area contributed by atoms with Crippen LogP contribution in [0.4, 0.5) is 0 Å². The van der Waals surface area contributed by atoms with Crippen LogP contribution in [0.1, 0.15) is 46.1 Å². The molecule has 2 saturated heterocycles. The molecule has 0 aromatic heterocycles. The number of nitrogens with zero attached hydrogens (tertiary/aromatic N) is 3. The zero-order chi connectivity index (χ0) is 28.3. The summed E-state index contributed by atoms with van der Waals surface area (Å²) in [5.41, 5.74) is 0.642. The van der Waals surface area contributed by atoms with Gasteiger partial charge in [-0.25, -0.2) is 4.57 Å². The second-order valence-corrected chi connectivity index (χ2v) is 12.2. The predicted octanol–water partition coefficient (Wildman–Crippen LogP) is 1.86. The van der Waals surface area contributed by atoms with Gasteiger partial charge in [0.25, 0.3) is 0 Å². The summed E-state index contributed by atoms with van der Waals surface area (Å²) < 4.78 is 15.6. The molecule has 1 aromatic rings. The van der Waals surface area contributed by atoms with E-state index in [4.69, 9.17) is 9.79 Å². The Balaban J connectivity index is 1.71. The number of likely N-dealkylation sites (N-methyl/N-ethyl adjacent to an activating group) is 1. The van der Waals surface area contributed by atoms with Crippen LogP contribution in [-0.4, -0.2) is 94.1 Å². The molecule has 0 aliphatic carbocycles. The number of amides is 3. The Hall–Kier alpha value is -2.72. The van der Waals surface area contributed by atoms with Crippen molar-refractivity contribution in [1.29, 1.82) is 0 Å². The maximum atomic E-state index is 13.7. The van der Waals surface area contributed by atoms with Crippen LogP contribution in [0.5, 0.6) is 5.75 Å². The van der Waals surface area contributed by atoms with Crippen molar-refractivity contribution in [2.24, 2.45) is 5.41 Å². The summed E-state index contributed by atoms with van der Waals surface area (Å²) in [5.74, 6) is -0.734. The maximum absolute atomic E-state index is 13.7. The highest BCUT2D eigenvalue weighted by Gasteiger charge is 2.43. The lowest BCUT2D eigenvalue weighted by molar-refractivity contribution is -0.147. The molecule has 2 heterocycles. The summed E-state index contributed by atoms with van der Waals surface area (Å²) in [6, 6.07) is 4.61. The van der Waals surface area contributed by atoms with Crippen molar-refractivity contribution in [2.45, 2.75) is 52.6 Å². The van der Waals surface area contributed by atoms with Crippen LogP contribution in [0.3, 0.4) is 0 Å². The molecule has 12 heteroatoms. The number of carbonyl (C=O) groups is 3. The van der Waals surface area contributed by atoms with Crippen molar-refractivity contribution in [1.82, 2.24) is 20.0 Å². The molecule has 3 rings (SSSR count). The highest BCUT2D eigenvalue weighted by atomic mass is 31.2. The van der Waals surface area contributed by atoms with Crippen LogP contribution in [0, 0.1) is 5.41 Å². The van der Waals surface area contributed by atoms with Gasteiger partial charge in [-0.2, -0.15) is 0 Å². The summed E-state index contributed by atoms with van der Waals surface area (Å²) in [4.78, 5) is 63.5. The number of piperazine rings is 1. The third kappa shape index (κ3) is 7.89. The lowest BCUT2D eigenvalue weighted by atomic mass is 9.85. The minimum absolute atomic E-state index is 0.00372. The molecule has 0 spiro atoms. The Morgan fingerprint density at radius 2 is 1.68 bits per heavy atom. The van der Waals surface area contributed by atoms with E-state index in [1.54, 1.807) is 24.0 Å². The van der Waals surface area contributed by atoms with Gasteiger partial charge in [0.1, 0.15) is 17.8 Å². The number of phosphoric acid groups is 1. The fourth-order valence-electron chi connectivity index (χ4n) is 4.72. The minimum Gasteiger partial charge on any atom is -0.404 e. The molecule has 210 valence electrons. The van der Waals surface area contributed by atoms with Crippen molar-refractivity contribution >= 4 is 31.1 Å². The number of hydrogen-bond donors (Lipinski definition) is 3. The normalized spacial score (nSPS) is 20.3. The Kier molecular flexibility index (Phi) is 9.41. The zero-order valence-electron chi connectivity index (χ0n) is 22.7. The predicted molar refractivity (Wildman–Crippen MR) is 143 cm³/mol. The van der Waals surface area contributed by atoms with Crippen LogP contribution in [0.2, 0.25) is 0 Å². The van der Waals surface area contributed by atoms with Crippen LogP contribution < -0.4 is 9.84 Å². The Bertz CT molecular complexity index is 1100. The van der Waals surface area contributed by atoms with Gasteiger partial charge in [0.15, 0.2) is 0 Å². The number of rotatable bonds is 7. The monoisotopic (exact) mass is 550 g/mol. The van der Waals surface area contributed by atoms with E-state index >= 15 is 0 Å². The van der Waals surface area contributed by atoms with Crippen molar-refractivity contribution < 1.29 is 33.3 Å². The van der Waals surface area contributed by atoms with Gasteiger partial charge in [-0.3, -0.25) is 24.2 Å². The van der Waals surface area contributed by atoms with E-state index in [1.807, 2.05) is 32.7 Å².